The van der Waals surface area contributed by atoms with Crippen LogP contribution in [0.4, 0.5) is 5.69 Å². The van der Waals surface area contributed by atoms with Crippen LogP contribution in [0.15, 0.2) is 24.3 Å². The molecule has 23 heavy (non-hydrogen) atoms. The van der Waals surface area contributed by atoms with Crippen LogP contribution in [0.3, 0.4) is 0 Å². The highest BCUT2D eigenvalue weighted by Gasteiger charge is 2.26. The van der Waals surface area contributed by atoms with Gasteiger partial charge in [-0.25, -0.2) is 0 Å². The second-order valence-electron chi connectivity index (χ2n) is 6.17. The summed E-state index contributed by atoms with van der Waals surface area (Å²) in [6.07, 6.45) is 2.03. The lowest BCUT2D eigenvalue weighted by Gasteiger charge is -2.31. The minimum atomic E-state index is -0.0333. The van der Waals surface area contributed by atoms with E-state index in [1.807, 2.05) is 6.92 Å². The zero-order chi connectivity index (χ0) is 16.7. The number of nitrogens with zero attached hydrogens (tertiary/aromatic N) is 2. The van der Waals surface area contributed by atoms with Crippen LogP contribution in [-0.2, 0) is 16.1 Å². The van der Waals surface area contributed by atoms with E-state index >= 15 is 0 Å². The Morgan fingerprint density at radius 3 is 2.52 bits per heavy atom. The third kappa shape index (κ3) is 4.96. The molecule has 0 aliphatic carbocycles. The Labute approximate surface area is 140 Å². The van der Waals surface area contributed by atoms with Crippen molar-refractivity contribution < 1.29 is 9.53 Å². The minimum Gasteiger partial charge on any atom is -0.466 e. The molecule has 0 N–H and O–H groups in total. The first-order valence-corrected chi connectivity index (χ1v) is 8.90. The van der Waals surface area contributed by atoms with Gasteiger partial charge in [0.05, 0.1) is 12.5 Å². The molecule has 1 saturated heterocycles. The Morgan fingerprint density at radius 1 is 1.22 bits per heavy atom. The topological polar surface area (TPSA) is 32.8 Å². The van der Waals surface area contributed by atoms with E-state index in [0.29, 0.717) is 6.61 Å². The second kappa shape index (κ2) is 8.92. The molecule has 0 amide bonds. The summed E-state index contributed by atoms with van der Waals surface area (Å²) in [5.74, 6) is 0.00716. The summed E-state index contributed by atoms with van der Waals surface area (Å²) >= 11 is 0. The number of piperidine rings is 1. The fourth-order valence-corrected chi connectivity index (χ4v) is 3.31. The molecule has 1 aromatic rings. The molecule has 0 aromatic heterocycles. The highest BCUT2D eigenvalue weighted by molar-refractivity contribution is 5.72. The summed E-state index contributed by atoms with van der Waals surface area (Å²) in [6, 6.07) is 8.83. The van der Waals surface area contributed by atoms with Crippen molar-refractivity contribution in [2.24, 2.45) is 5.92 Å². The highest BCUT2D eigenvalue weighted by atomic mass is 16.5. The summed E-state index contributed by atoms with van der Waals surface area (Å²) < 4.78 is 5.18. The molecule has 1 aliphatic heterocycles. The van der Waals surface area contributed by atoms with Gasteiger partial charge in [0.2, 0.25) is 0 Å². The predicted molar refractivity (Wildman–Crippen MR) is 94.6 cm³/mol. The Bertz CT molecular complexity index is 483. The van der Waals surface area contributed by atoms with Crippen LogP contribution in [0.5, 0.6) is 0 Å². The van der Waals surface area contributed by atoms with Gasteiger partial charge in [0.1, 0.15) is 0 Å². The van der Waals surface area contributed by atoms with Crippen LogP contribution in [0.25, 0.3) is 0 Å². The predicted octanol–water partition coefficient (Wildman–Crippen LogP) is 3.31. The SMILES string of the molecule is CCOC(=O)[C@@H]1CCCN(Cc2ccc(N(CC)CC)cc2)C1. The van der Waals surface area contributed by atoms with Gasteiger partial charge in [0.25, 0.3) is 0 Å². The van der Waals surface area contributed by atoms with Crippen molar-refractivity contribution in [2.45, 2.75) is 40.2 Å². The monoisotopic (exact) mass is 318 g/mol. The van der Waals surface area contributed by atoms with Crippen molar-refractivity contribution in [3.8, 4) is 0 Å². The molecule has 1 fully saturated rings. The van der Waals surface area contributed by atoms with Crippen molar-refractivity contribution in [3.63, 3.8) is 0 Å². The third-order valence-electron chi connectivity index (χ3n) is 4.60. The van der Waals surface area contributed by atoms with Crippen LogP contribution < -0.4 is 4.90 Å². The van der Waals surface area contributed by atoms with Crippen LogP contribution in [-0.4, -0.2) is 43.7 Å². The van der Waals surface area contributed by atoms with Gasteiger partial charge in [-0.2, -0.15) is 0 Å². The number of benzene rings is 1. The smallest absolute Gasteiger partial charge is 0.310 e. The molecule has 0 unspecified atom stereocenters. The standard InChI is InChI=1S/C19H30N2O2/c1-4-21(5-2)18-11-9-16(10-12-18)14-20-13-7-8-17(15-20)19(22)23-6-3/h9-12,17H,4-8,13-15H2,1-3H3/t17-/m1/s1. The largest absolute Gasteiger partial charge is 0.466 e. The number of ether oxygens (including phenoxy) is 1. The van der Waals surface area contributed by atoms with Crippen LogP contribution >= 0.6 is 0 Å². The fraction of sp³-hybridized carbons (Fsp3) is 0.632. The second-order valence-corrected chi connectivity index (χ2v) is 6.17. The Morgan fingerprint density at radius 2 is 1.91 bits per heavy atom. The van der Waals surface area contributed by atoms with E-state index in [1.54, 1.807) is 0 Å². The van der Waals surface area contributed by atoms with E-state index in [1.165, 1.54) is 11.3 Å². The molecule has 0 radical (unpaired) electrons. The summed E-state index contributed by atoms with van der Waals surface area (Å²) in [6.45, 7) is 11.6. The van der Waals surface area contributed by atoms with Gasteiger partial charge >= 0.3 is 5.97 Å². The lowest BCUT2D eigenvalue weighted by atomic mass is 9.97. The van der Waals surface area contributed by atoms with E-state index in [-0.39, 0.29) is 11.9 Å². The number of hydrogen-bond donors (Lipinski definition) is 0. The number of likely N-dealkylation sites (tertiary alicyclic amines) is 1. The molecule has 0 saturated carbocycles. The summed E-state index contributed by atoms with van der Waals surface area (Å²) in [5.41, 5.74) is 2.59. The molecule has 128 valence electrons. The van der Waals surface area contributed by atoms with Crippen molar-refractivity contribution >= 4 is 11.7 Å². The molecule has 1 atom stereocenters. The first-order valence-electron chi connectivity index (χ1n) is 8.90. The van der Waals surface area contributed by atoms with Gasteiger partial charge in [-0.3, -0.25) is 9.69 Å². The molecule has 1 aromatic carbocycles. The van der Waals surface area contributed by atoms with Crippen molar-refractivity contribution in [3.05, 3.63) is 29.8 Å². The first-order chi connectivity index (χ1) is 11.2. The minimum absolute atomic E-state index is 0.0333. The number of hydrogen-bond acceptors (Lipinski definition) is 4. The van der Waals surface area contributed by atoms with Gasteiger partial charge in [0.15, 0.2) is 0 Å². The Balaban J connectivity index is 1.92. The maximum atomic E-state index is 11.9. The molecular formula is C19H30N2O2. The summed E-state index contributed by atoms with van der Waals surface area (Å²) in [7, 11) is 0. The maximum Gasteiger partial charge on any atom is 0.310 e. The number of carbonyl (C=O) groups is 1. The van der Waals surface area contributed by atoms with E-state index in [9.17, 15) is 4.79 Å². The van der Waals surface area contributed by atoms with Crippen LogP contribution in [0.1, 0.15) is 39.2 Å². The maximum absolute atomic E-state index is 11.9. The Kier molecular flexibility index (Phi) is 6.90. The molecular weight excluding hydrogens is 288 g/mol. The summed E-state index contributed by atoms with van der Waals surface area (Å²) in [4.78, 5) is 16.6. The molecule has 1 heterocycles. The van der Waals surface area contributed by atoms with E-state index in [0.717, 1.165) is 45.6 Å². The average molecular weight is 318 g/mol. The van der Waals surface area contributed by atoms with Crippen LogP contribution in [0, 0.1) is 5.92 Å². The number of rotatable bonds is 7. The zero-order valence-electron chi connectivity index (χ0n) is 14.8. The van der Waals surface area contributed by atoms with E-state index in [4.69, 9.17) is 4.74 Å². The van der Waals surface area contributed by atoms with Gasteiger partial charge in [-0.15, -0.1) is 0 Å². The van der Waals surface area contributed by atoms with Crippen molar-refractivity contribution in [1.82, 2.24) is 4.90 Å². The van der Waals surface area contributed by atoms with Gasteiger partial charge in [0, 0.05) is 31.9 Å². The first kappa shape index (κ1) is 17.8. The molecule has 4 heteroatoms. The lowest BCUT2D eigenvalue weighted by Crippen LogP contribution is -2.38. The number of carbonyl (C=O) groups excluding carboxylic acids is 1. The van der Waals surface area contributed by atoms with Gasteiger partial charge < -0.3 is 9.64 Å². The molecule has 2 rings (SSSR count). The number of anilines is 1. The number of esters is 1. The van der Waals surface area contributed by atoms with Gasteiger partial charge in [-0.05, 0) is 57.9 Å². The normalized spacial score (nSPS) is 18.7. The van der Waals surface area contributed by atoms with Crippen LogP contribution in [0.2, 0.25) is 0 Å². The van der Waals surface area contributed by atoms with Gasteiger partial charge in [-0.1, -0.05) is 12.1 Å². The fourth-order valence-electron chi connectivity index (χ4n) is 3.31. The third-order valence-corrected chi connectivity index (χ3v) is 4.60. The average Bonchev–Trinajstić information content (AvgIpc) is 2.58. The molecule has 4 nitrogen and oxygen atoms in total. The van der Waals surface area contributed by atoms with E-state index in [2.05, 4.69) is 47.9 Å². The molecule has 1 aliphatic rings. The molecule has 0 spiro atoms. The van der Waals surface area contributed by atoms with Crippen molar-refractivity contribution in [2.75, 3.05) is 37.7 Å². The lowest BCUT2D eigenvalue weighted by molar-refractivity contribution is -0.150. The highest BCUT2D eigenvalue weighted by Crippen LogP contribution is 2.21. The Hall–Kier alpha value is -1.55. The quantitative estimate of drug-likeness (QED) is 0.722. The zero-order valence-corrected chi connectivity index (χ0v) is 14.8. The summed E-state index contributed by atoms with van der Waals surface area (Å²) in [5, 5.41) is 0. The molecule has 0 bridgehead atoms. The van der Waals surface area contributed by atoms with Crippen molar-refractivity contribution in [1.29, 1.82) is 0 Å². The van der Waals surface area contributed by atoms with E-state index < -0.39 is 0 Å².